The molecule has 0 saturated heterocycles. The van der Waals surface area contributed by atoms with Crippen LogP contribution in [0.2, 0.25) is 0 Å². The van der Waals surface area contributed by atoms with Gasteiger partial charge >= 0.3 is 0 Å². The van der Waals surface area contributed by atoms with Crippen molar-refractivity contribution in [1.29, 1.82) is 0 Å². The van der Waals surface area contributed by atoms with E-state index in [1.807, 2.05) is 38.1 Å². The van der Waals surface area contributed by atoms with E-state index in [0.29, 0.717) is 33.9 Å². The van der Waals surface area contributed by atoms with Gasteiger partial charge in [0.25, 0.3) is 15.9 Å². The first-order chi connectivity index (χ1) is 20.6. The third-order valence-corrected chi connectivity index (χ3v) is 8.74. The first-order valence-corrected chi connectivity index (χ1v) is 15.5. The molecule has 0 unspecified atom stereocenters. The Kier molecular flexibility index (Phi) is 10.4. The van der Waals surface area contributed by atoms with Gasteiger partial charge in [-0.15, -0.1) is 0 Å². The Morgan fingerprint density at radius 1 is 0.907 bits per heavy atom. The molecule has 0 aliphatic heterocycles. The van der Waals surface area contributed by atoms with Gasteiger partial charge in [0, 0.05) is 0 Å². The zero-order valence-electron chi connectivity index (χ0n) is 24.2. The SMILES string of the molecule is COc1ccc(C)cc1N(CC(=O)N/N=C\c1cc(Br)c(OCc2ccc(C)cc2)c(OC)c1)S(=O)(=O)c1ccccc1. The Morgan fingerprint density at radius 2 is 1.58 bits per heavy atom. The minimum Gasteiger partial charge on any atom is -0.495 e. The Labute approximate surface area is 260 Å². The Hall–Kier alpha value is -4.35. The predicted molar refractivity (Wildman–Crippen MR) is 171 cm³/mol. The van der Waals surface area contributed by atoms with Crippen molar-refractivity contribution in [1.82, 2.24) is 5.43 Å². The van der Waals surface area contributed by atoms with Crippen LogP contribution in [0.4, 0.5) is 5.69 Å². The van der Waals surface area contributed by atoms with Crippen molar-refractivity contribution in [2.75, 3.05) is 25.1 Å². The number of amides is 1. The molecule has 0 bridgehead atoms. The van der Waals surface area contributed by atoms with E-state index in [4.69, 9.17) is 14.2 Å². The number of benzene rings is 4. The van der Waals surface area contributed by atoms with Crippen molar-refractivity contribution in [2.24, 2.45) is 5.10 Å². The molecular weight excluding hydrogens is 634 g/mol. The minimum atomic E-state index is -4.12. The molecular formula is C32H32BrN3O6S. The summed E-state index contributed by atoms with van der Waals surface area (Å²) in [5.74, 6) is 0.658. The van der Waals surface area contributed by atoms with Crippen molar-refractivity contribution < 1.29 is 27.4 Å². The van der Waals surface area contributed by atoms with E-state index in [-0.39, 0.29) is 10.6 Å². The van der Waals surface area contributed by atoms with Crippen LogP contribution in [-0.4, -0.2) is 41.3 Å². The molecule has 0 heterocycles. The lowest BCUT2D eigenvalue weighted by molar-refractivity contribution is -0.119. The van der Waals surface area contributed by atoms with Crippen molar-refractivity contribution in [3.05, 3.63) is 112 Å². The molecule has 0 fully saturated rings. The Bertz CT molecular complexity index is 1710. The molecule has 0 aliphatic rings. The molecule has 0 atom stereocenters. The molecule has 0 aromatic heterocycles. The first-order valence-electron chi connectivity index (χ1n) is 13.2. The average molecular weight is 667 g/mol. The number of ether oxygens (including phenoxy) is 3. The van der Waals surface area contributed by atoms with E-state index in [1.165, 1.54) is 38.1 Å². The van der Waals surface area contributed by atoms with Crippen LogP contribution < -0.4 is 23.9 Å². The number of carbonyl (C=O) groups excluding carboxylic acids is 1. The van der Waals surface area contributed by atoms with Gasteiger partial charge in [0.15, 0.2) is 11.5 Å². The quantitative estimate of drug-likeness (QED) is 0.147. The van der Waals surface area contributed by atoms with Crippen LogP contribution in [0.5, 0.6) is 17.2 Å². The molecule has 4 aromatic rings. The lowest BCUT2D eigenvalue weighted by atomic mass is 10.2. The van der Waals surface area contributed by atoms with Gasteiger partial charge < -0.3 is 14.2 Å². The van der Waals surface area contributed by atoms with Crippen molar-refractivity contribution in [3.63, 3.8) is 0 Å². The summed E-state index contributed by atoms with van der Waals surface area (Å²) in [6.07, 6.45) is 1.43. The van der Waals surface area contributed by atoms with Crippen molar-refractivity contribution >= 4 is 43.8 Å². The summed E-state index contributed by atoms with van der Waals surface area (Å²) >= 11 is 3.53. The zero-order valence-corrected chi connectivity index (χ0v) is 26.6. The molecule has 224 valence electrons. The third-order valence-electron chi connectivity index (χ3n) is 6.38. The highest BCUT2D eigenvalue weighted by Crippen LogP contribution is 2.37. The fourth-order valence-corrected chi connectivity index (χ4v) is 6.17. The highest BCUT2D eigenvalue weighted by atomic mass is 79.9. The van der Waals surface area contributed by atoms with E-state index in [9.17, 15) is 13.2 Å². The first kappa shape index (κ1) is 31.6. The van der Waals surface area contributed by atoms with Crippen LogP contribution in [-0.2, 0) is 21.4 Å². The van der Waals surface area contributed by atoms with E-state index < -0.39 is 22.5 Å². The fraction of sp³-hybridized carbons (Fsp3) is 0.188. The topological polar surface area (TPSA) is 107 Å². The summed E-state index contributed by atoms with van der Waals surface area (Å²) in [5, 5.41) is 4.06. The largest absolute Gasteiger partial charge is 0.495 e. The monoisotopic (exact) mass is 665 g/mol. The van der Waals surface area contributed by atoms with Crippen molar-refractivity contribution in [3.8, 4) is 17.2 Å². The maximum absolute atomic E-state index is 13.7. The summed E-state index contributed by atoms with van der Waals surface area (Å²) in [6, 6.07) is 24.5. The molecule has 1 N–H and O–H groups in total. The number of methoxy groups -OCH3 is 2. The number of carbonyl (C=O) groups is 1. The van der Waals surface area contributed by atoms with E-state index in [2.05, 4.69) is 26.5 Å². The number of aryl methyl sites for hydroxylation is 2. The molecule has 1 amide bonds. The van der Waals surface area contributed by atoms with Gasteiger partial charge in [-0.3, -0.25) is 9.10 Å². The second kappa shape index (κ2) is 14.2. The van der Waals surface area contributed by atoms with Gasteiger partial charge in [-0.25, -0.2) is 13.8 Å². The van der Waals surface area contributed by atoms with Crippen LogP contribution >= 0.6 is 15.9 Å². The highest BCUT2D eigenvalue weighted by Gasteiger charge is 2.29. The second-order valence-corrected chi connectivity index (χ2v) is 12.3. The lowest BCUT2D eigenvalue weighted by Crippen LogP contribution is -2.39. The van der Waals surface area contributed by atoms with Gasteiger partial charge in [-0.2, -0.15) is 5.10 Å². The van der Waals surface area contributed by atoms with E-state index in [0.717, 1.165) is 15.4 Å². The van der Waals surface area contributed by atoms with Crippen LogP contribution in [0.3, 0.4) is 0 Å². The number of hydrogen-bond donors (Lipinski definition) is 1. The highest BCUT2D eigenvalue weighted by molar-refractivity contribution is 9.10. The summed E-state index contributed by atoms with van der Waals surface area (Å²) in [4.78, 5) is 13.1. The van der Waals surface area contributed by atoms with Gasteiger partial charge in [-0.05, 0) is 82.9 Å². The number of rotatable bonds is 12. The molecule has 11 heteroatoms. The standard InChI is InChI=1S/C32H32BrN3O6S/c1-22-10-13-24(14-11-22)21-42-32-27(33)17-25(18-30(32)41-4)19-34-35-31(37)20-36(28-16-23(2)12-15-29(28)40-3)43(38,39)26-8-6-5-7-9-26/h5-19H,20-21H2,1-4H3,(H,35,37)/b34-19-. The zero-order chi connectivity index (χ0) is 31.0. The Balaban J connectivity index is 1.52. The average Bonchev–Trinajstić information content (AvgIpc) is 3.00. The number of halogens is 1. The number of nitrogens with zero attached hydrogens (tertiary/aromatic N) is 2. The van der Waals surface area contributed by atoms with Crippen LogP contribution in [0, 0.1) is 13.8 Å². The maximum atomic E-state index is 13.7. The molecule has 0 aliphatic carbocycles. The van der Waals surface area contributed by atoms with Gasteiger partial charge in [-0.1, -0.05) is 54.1 Å². The molecule has 4 rings (SSSR count). The molecule has 9 nitrogen and oxygen atoms in total. The third kappa shape index (κ3) is 7.94. The van der Waals surface area contributed by atoms with Crippen molar-refractivity contribution in [2.45, 2.75) is 25.3 Å². The molecule has 0 spiro atoms. The normalized spacial score (nSPS) is 11.3. The summed E-state index contributed by atoms with van der Waals surface area (Å²) in [5.41, 5.74) is 6.25. The summed E-state index contributed by atoms with van der Waals surface area (Å²) < 4.78 is 45.9. The molecule has 0 saturated carbocycles. The minimum absolute atomic E-state index is 0.0384. The fourth-order valence-electron chi connectivity index (χ4n) is 4.15. The van der Waals surface area contributed by atoms with Gasteiger partial charge in [0.1, 0.15) is 18.9 Å². The van der Waals surface area contributed by atoms with Crippen LogP contribution in [0.25, 0.3) is 0 Å². The summed E-state index contributed by atoms with van der Waals surface area (Å²) in [6.45, 7) is 3.67. The van der Waals surface area contributed by atoms with Crippen LogP contribution in [0.15, 0.2) is 99.4 Å². The summed E-state index contributed by atoms with van der Waals surface area (Å²) in [7, 11) is -1.15. The van der Waals surface area contributed by atoms with Gasteiger partial charge in [0.05, 0.1) is 35.5 Å². The maximum Gasteiger partial charge on any atom is 0.264 e. The number of hydrazone groups is 1. The number of hydrogen-bond acceptors (Lipinski definition) is 7. The lowest BCUT2D eigenvalue weighted by Gasteiger charge is -2.25. The predicted octanol–water partition coefficient (Wildman–Crippen LogP) is 6.01. The molecule has 43 heavy (non-hydrogen) atoms. The molecule has 0 radical (unpaired) electrons. The van der Waals surface area contributed by atoms with Crippen LogP contribution in [0.1, 0.15) is 22.3 Å². The van der Waals surface area contributed by atoms with Gasteiger partial charge in [0.2, 0.25) is 0 Å². The van der Waals surface area contributed by atoms with E-state index >= 15 is 0 Å². The Morgan fingerprint density at radius 3 is 2.26 bits per heavy atom. The van der Waals surface area contributed by atoms with E-state index in [1.54, 1.807) is 48.5 Å². The number of sulfonamides is 1. The molecule has 4 aromatic carbocycles. The number of nitrogens with one attached hydrogen (secondary N) is 1. The second-order valence-electron chi connectivity index (χ2n) is 9.60. The smallest absolute Gasteiger partial charge is 0.264 e. The number of anilines is 1.